The summed E-state index contributed by atoms with van der Waals surface area (Å²) >= 11 is 0. The molecule has 14 nitrogen and oxygen atoms in total. The number of nitrogens with zero attached hydrogens (tertiary/aromatic N) is 2. The molecule has 1 heterocycles. The number of carbonyl (C=O) groups is 3. The van der Waals surface area contributed by atoms with Gasteiger partial charge in [-0.05, 0) is 47.0 Å². The molecule has 214 valence electrons. The Morgan fingerprint density at radius 2 is 1.37 bits per heavy atom. The van der Waals surface area contributed by atoms with E-state index in [-0.39, 0.29) is 42.4 Å². The smallest absolute Gasteiger partial charge is 0.362 e. The predicted octanol–water partition coefficient (Wildman–Crippen LogP) is 2.27. The molecule has 1 saturated heterocycles. The lowest BCUT2D eigenvalue weighted by atomic mass is 10.1. The molecule has 0 bridgehead atoms. The third-order valence-corrected chi connectivity index (χ3v) is 5.92. The summed E-state index contributed by atoms with van der Waals surface area (Å²) < 4.78 is 0. The zero-order valence-corrected chi connectivity index (χ0v) is 21.7. The maximum Gasteiger partial charge on any atom is 0.362 e. The van der Waals surface area contributed by atoms with Gasteiger partial charge in [0.15, 0.2) is 0 Å². The minimum Gasteiger partial charge on any atom is -0.391 e. The number of benzene rings is 3. The van der Waals surface area contributed by atoms with Crippen LogP contribution in [0.25, 0.3) is 0 Å². The van der Waals surface area contributed by atoms with Crippen LogP contribution in [-0.4, -0.2) is 46.5 Å². The van der Waals surface area contributed by atoms with Gasteiger partial charge in [0.1, 0.15) is 18.6 Å². The first-order valence-electron chi connectivity index (χ1n) is 12.5. The summed E-state index contributed by atoms with van der Waals surface area (Å²) in [7, 11) is 0. The second-order valence-corrected chi connectivity index (χ2v) is 8.76. The molecule has 0 aromatic heterocycles. The molecule has 1 aliphatic heterocycles. The van der Waals surface area contributed by atoms with Gasteiger partial charge in [0, 0.05) is 31.3 Å². The second kappa shape index (κ2) is 14.0. The molecule has 0 aliphatic carbocycles. The normalized spacial score (nSPS) is 12.9. The van der Waals surface area contributed by atoms with Crippen molar-refractivity contribution in [2.45, 2.75) is 26.2 Å². The number of urea groups is 1. The van der Waals surface area contributed by atoms with Gasteiger partial charge < -0.3 is 25.9 Å². The lowest BCUT2D eigenvalue weighted by molar-refractivity contribution is -0.455. The molecule has 1 aliphatic rings. The number of nitro groups is 1. The van der Waals surface area contributed by atoms with E-state index in [2.05, 4.69) is 16.0 Å². The molecule has 4 N–H and O–H groups in total. The molecule has 3 amide bonds. The Hall–Kier alpha value is -4.89. The van der Waals surface area contributed by atoms with Crippen LogP contribution in [0.3, 0.4) is 0 Å². The fourth-order valence-corrected chi connectivity index (χ4v) is 3.70. The molecule has 0 atom stereocenters. The van der Waals surface area contributed by atoms with Gasteiger partial charge in [-0.15, -0.1) is 0 Å². The Balaban J connectivity index is 1.18. The van der Waals surface area contributed by atoms with E-state index in [0.29, 0.717) is 29.7 Å². The van der Waals surface area contributed by atoms with E-state index >= 15 is 0 Å². The zero-order valence-electron chi connectivity index (χ0n) is 21.7. The Morgan fingerprint density at radius 1 is 0.829 bits per heavy atom. The number of aliphatic hydroxyl groups excluding tert-OH is 1. The van der Waals surface area contributed by atoms with Crippen LogP contribution in [0, 0.1) is 10.1 Å². The second-order valence-electron chi connectivity index (χ2n) is 8.76. The van der Waals surface area contributed by atoms with Gasteiger partial charge in [0.05, 0.1) is 22.7 Å². The van der Waals surface area contributed by atoms with E-state index in [0.717, 1.165) is 11.1 Å². The van der Waals surface area contributed by atoms with Crippen LogP contribution in [0.2, 0.25) is 0 Å². The van der Waals surface area contributed by atoms with Crippen molar-refractivity contribution in [3.05, 3.63) is 110 Å². The standard InChI is InChI=1S/C27H27N5O9/c33-17-23-10-5-20(13-24(23)31(37)38)16-28-25(34)21-6-1-18(2-7-21)14-29-27(36)30-15-19-3-8-22(9-4-19)26(35)41-32-39-11-12-40-32/h1-10,13,33H,11-12,14-17H2,(H,28,34)(H2,29,30,36). The first kappa shape index (κ1) is 29.1. The lowest BCUT2D eigenvalue weighted by Gasteiger charge is -2.11. The number of nitrogens with one attached hydrogen (secondary N) is 3. The van der Waals surface area contributed by atoms with Crippen LogP contribution in [0.1, 0.15) is 43.0 Å². The van der Waals surface area contributed by atoms with Gasteiger partial charge in [-0.25, -0.2) is 19.3 Å². The van der Waals surface area contributed by atoms with Crippen molar-refractivity contribution in [1.82, 2.24) is 21.3 Å². The minimum atomic E-state index is -0.646. The van der Waals surface area contributed by atoms with Gasteiger partial charge >= 0.3 is 12.0 Å². The highest BCUT2D eigenvalue weighted by Crippen LogP contribution is 2.20. The lowest BCUT2D eigenvalue weighted by Crippen LogP contribution is -2.34. The molecule has 0 saturated carbocycles. The van der Waals surface area contributed by atoms with E-state index in [1.807, 2.05) is 0 Å². The SMILES string of the molecule is O=C(NCc1ccc(C(=O)NCc2ccc(CO)c([N+](=O)[O-])c2)cc1)NCc1ccc(C(=O)ON2OCCO2)cc1. The van der Waals surface area contributed by atoms with Crippen molar-refractivity contribution in [2.75, 3.05) is 13.2 Å². The van der Waals surface area contributed by atoms with Crippen LogP contribution in [-0.2, 0) is 40.8 Å². The van der Waals surface area contributed by atoms with Crippen molar-refractivity contribution >= 4 is 23.6 Å². The van der Waals surface area contributed by atoms with E-state index in [1.54, 1.807) is 54.6 Å². The number of hydrogen-bond acceptors (Lipinski definition) is 10. The molecular weight excluding hydrogens is 538 g/mol. The molecule has 14 heteroatoms. The van der Waals surface area contributed by atoms with E-state index in [9.17, 15) is 29.6 Å². The summed E-state index contributed by atoms with van der Waals surface area (Å²) in [5.41, 5.74) is 2.71. The summed E-state index contributed by atoms with van der Waals surface area (Å²) in [5, 5.41) is 29.2. The molecule has 1 fully saturated rings. The fraction of sp³-hybridized carbons (Fsp3) is 0.222. The van der Waals surface area contributed by atoms with Gasteiger partial charge in [0.25, 0.3) is 11.6 Å². The Kier molecular flexibility index (Phi) is 9.90. The highest BCUT2D eigenvalue weighted by molar-refractivity contribution is 5.94. The van der Waals surface area contributed by atoms with Gasteiger partial charge in [-0.1, -0.05) is 30.3 Å². The van der Waals surface area contributed by atoms with Crippen LogP contribution < -0.4 is 16.0 Å². The maximum absolute atomic E-state index is 12.5. The van der Waals surface area contributed by atoms with E-state index in [1.165, 1.54) is 12.1 Å². The topological polar surface area (TPSA) is 182 Å². The van der Waals surface area contributed by atoms with Gasteiger partial charge in [0.2, 0.25) is 0 Å². The van der Waals surface area contributed by atoms with Crippen LogP contribution in [0.4, 0.5) is 10.5 Å². The zero-order chi connectivity index (χ0) is 29.2. The van der Waals surface area contributed by atoms with E-state index < -0.39 is 23.5 Å². The largest absolute Gasteiger partial charge is 0.391 e. The monoisotopic (exact) mass is 565 g/mol. The number of aliphatic hydroxyl groups is 1. The van der Waals surface area contributed by atoms with Crippen molar-refractivity contribution < 1.29 is 38.9 Å². The van der Waals surface area contributed by atoms with Gasteiger partial charge in [-0.2, -0.15) is 0 Å². The fourth-order valence-electron chi connectivity index (χ4n) is 3.70. The van der Waals surface area contributed by atoms with Crippen molar-refractivity contribution in [3.8, 4) is 0 Å². The quantitative estimate of drug-likeness (QED) is 0.199. The average molecular weight is 566 g/mol. The number of carbonyl (C=O) groups excluding carboxylic acids is 3. The first-order chi connectivity index (χ1) is 19.8. The van der Waals surface area contributed by atoms with Crippen LogP contribution in [0.5, 0.6) is 0 Å². The Morgan fingerprint density at radius 3 is 1.93 bits per heavy atom. The number of nitro benzene ring substituents is 1. The molecule has 0 spiro atoms. The third kappa shape index (κ3) is 8.30. The maximum atomic E-state index is 12.5. The predicted molar refractivity (Wildman–Crippen MR) is 141 cm³/mol. The highest BCUT2D eigenvalue weighted by Gasteiger charge is 2.20. The average Bonchev–Trinajstić information content (AvgIpc) is 3.51. The highest BCUT2D eigenvalue weighted by atomic mass is 17.2. The Labute approximate surface area is 233 Å². The van der Waals surface area contributed by atoms with Crippen molar-refractivity contribution in [3.63, 3.8) is 0 Å². The summed E-state index contributed by atoms with van der Waals surface area (Å²) in [6, 6.07) is 17.1. The molecule has 3 aromatic carbocycles. The Bertz CT molecular complexity index is 1390. The van der Waals surface area contributed by atoms with Crippen LogP contribution >= 0.6 is 0 Å². The van der Waals surface area contributed by atoms with Crippen molar-refractivity contribution in [1.29, 1.82) is 0 Å². The molecule has 0 radical (unpaired) electrons. The molecule has 4 rings (SSSR count). The summed E-state index contributed by atoms with van der Waals surface area (Å²) in [5.74, 6) is -1.01. The number of hydrogen-bond donors (Lipinski definition) is 4. The minimum absolute atomic E-state index is 0.0736. The van der Waals surface area contributed by atoms with E-state index in [4.69, 9.17) is 14.5 Å². The summed E-state index contributed by atoms with van der Waals surface area (Å²) in [6.07, 6.45) is 0. The third-order valence-electron chi connectivity index (χ3n) is 5.92. The number of amides is 3. The molecule has 3 aromatic rings. The van der Waals surface area contributed by atoms with Gasteiger partial charge in [-0.3, -0.25) is 14.9 Å². The molecular formula is C27H27N5O9. The summed E-state index contributed by atoms with van der Waals surface area (Å²) in [4.78, 5) is 62.1. The van der Waals surface area contributed by atoms with Crippen LogP contribution in [0.15, 0.2) is 66.7 Å². The molecule has 41 heavy (non-hydrogen) atoms. The van der Waals surface area contributed by atoms with Crippen molar-refractivity contribution in [2.24, 2.45) is 0 Å². The molecule has 0 unspecified atom stereocenters. The first-order valence-corrected chi connectivity index (χ1v) is 12.5. The number of rotatable bonds is 11. The summed E-state index contributed by atoms with van der Waals surface area (Å²) in [6.45, 7) is 0.660.